The van der Waals surface area contributed by atoms with E-state index in [0.717, 1.165) is 33.8 Å². The summed E-state index contributed by atoms with van der Waals surface area (Å²) in [4.78, 5) is 17.9. The Morgan fingerprint density at radius 3 is 2.36 bits per heavy atom. The van der Waals surface area contributed by atoms with Gasteiger partial charge in [0.1, 0.15) is 5.75 Å². The van der Waals surface area contributed by atoms with E-state index < -0.39 is 0 Å². The molecule has 2 unspecified atom stereocenters. The lowest BCUT2D eigenvalue weighted by atomic mass is 9.91. The molecule has 0 aromatic heterocycles. The molecule has 3 aromatic carbocycles. The molecule has 0 spiro atoms. The number of anilines is 2. The van der Waals surface area contributed by atoms with E-state index in [9.17, 15) is 4.79 Å². The summed E-state index contributed by atoms with van der Waals surface area (Å²) in [5.74, 6) is 0.445. The Bertz CT molecular complexity index is 1110. The predicted octanol–water partition coefficient (Wildman–Crippen LogP) is 5.53. The largest absolute Gasteiger partial charge is 0.493 e. The highest BCUT2D eigenvalue weighted by atomic mass is 35.5. The molecule has 3 aromatic rings. The highest BCUT2D eigenvalue weighted by Gasteiger charge is 2.32. The average Bonchev–Trinajstić information content (AvgIpc) is 2.82. The van der Waals surface area contributed by atoms with Gasteiger partial charge >= 0.3 is 0 Å². The third-order valence-corrected chi connectivity index (χ3v) is 6.33. The highest BCUT2D eigenvalue weighted by Crippen LogP contribution is 2.38. The van der Waals surface area contributed by atoms with Crippen LogP contribution in [0.5, 0.6) is 5.75 Å². The molecule has 4 rings (SSSR count). The molecule has 1 amide bonds. The first kappa shape index (κ1) is 23.1. The van der Waals surface area contributed by atoms with Gasteiger partial charge in [-0.25, -0.2) is 0 Å². The first-order valence-electron chi connectivity index (χ1n) is 11.2. The fraction of sp³-hybridized carbons (Fsp3) is 0.296. The van der Waals surface area contributed by atoms with Crippen LogP contribution in [0.25, 0.3) is 0 Å². The van der Waals surface area contributed by atoms with E-state index in [4.69, 9.17) is 22.1 Å². The molecule has 0 bridgehead atoms. The number of hydrogen-bond acceptors (Lipinski definition) is 4. The van der Waals surface area contributed by atoms with Crippen molar-refractivity contribution in [3.63, 3.8) is 0 Å². The molecule has 0 saturated carbocycles. The van der Waals surface area contributed by atoms with E-state index in [1.807, 2.05) is 62.3 Å². The molecule has 1 aliphatic rings. The monoisotopic (exact) mass is 463 g/mol. The first-order chi connectivity index (χ1) is 15.8. The van der Waals surface area contributed by atoms with Crippen LogP contribution in [0.2, 0.25) is 5.02 Å². The van der Waals surface area contributed by atoms with Crippen LogP contribution in [-0.4, -0.2) is 26.6 Å². The second-order valence-corrected chi connectivity index (χ2v) is 9.17. The number of amides is 1. The van der Waals surface area contributed by atoms with Crippen LogP contribution >= 0.6 is 11.6 Å². The number of carbonyl (C=O) groups is 1. The molecule has 172 valence electrons. The standard InChI is InChI=1S/C27H30ClN3O2/c1-18(29)20-6-11-23(12-7-20)31(17-19-4-9-22(10-5-19)30(2)3)27(32)24-14-15-33-26-13-8-21(28)16-25(24)26/h4-13,16,18,24H,14-15,17,29H2,1-3H3. The fourth-order valence-corrected chi connectivity index (χ4v) is 4.33. The summed E-state index contributed by atoms with van der Waals surface area (Å²) in [6, 6.07) is 21.6. The SMILES string of the molecule is CC(N)c1ccc(N(Cc2ccc(N(C)C)cc2)C(=O)C2CCOc3ccc(Cl)cc32)cc1. The second-order valence-electron chi connectivity index (χ2n) is 8.74. The zero-order valence-electron chi connectivity index (χ0n) is 19.3. The van der Waals surface area contributed by atoms with Crippen LogP contribution in [-0.2, 0) is 11.3 Å². The topological polar surface area (TPSA) is 58.8 Å². The lowest BCUT2D eigenvalue weighted by Crippen LogP contribution is -2.36. The Morgan fingerprint density at radius 2 is 1.73 bits per heavy atom. The van der Waals surface area contributed by atoms with Gasteiger partial charge in [0.15, 0.2) is 0 Å². The van der Waals surface area contributed by atoms with Crippen molar-refractivity contribution in [2.24, 2.45) is 5.73 Å². The van der Waals surface area contributed by atoms with Crippen molar-refractivity contribution in [3.05, 3.63) is 88.4 Å². The second kappa shape index (κ2) is 9.86. The quantitative estimate of drug-likeness (QED) is 0.522. The molecule has 0 saturated heterocycles. The maximum absolute atomic E-state index is 14.0. The molecule has 0 fully saturated rings. The Kier molecular flexibility index (Phi) is 6.91. The minimum absolute atomic E-state index is 0.0343. The van der Waals surface area contributed by atoms with Gasteiger partial charge < -0.3 is 20.3 Å². The molecule has 1 heterocycles. The van der Waals surface area contributed by atoms with Gasteiger partial charge in [-0.15, -0.1) is 0 Å². The van der Waals surface area contributed by atoms with E-state index in [1.165, 1.54) is 0 Å². The summed E-state index contributed by atoms with van der Waals surface area (Å²) in [7, 11) is 4.02. The zero-order valence-corrected chi connectivity index (χ0v) is 20.0. The van der Waals surface area contributed by atoms with E-state index >= 15 is 0 Å². The molecule has 5 nitrogen and oxygen atoms in total. The van der Waals surface area contributed by atoms with Crippen molar-refractivity contribution < 1.29 is 9.53 Å². The van der Waals surface area contributed by atoms with Crippen LogP contribution in [0.1, 0.15) is 42.0 Å². The van der Waals surface area contributed by atoms with Crippen molar-refractivity contribution in [2.45, 2.75) is 31.8 Å². The van der Waals surface area contributed by atoms with Crippen LogP contribution in [0, 0.1) is 0 Å². The highest BCUT2D eigenvalue weighted by molar-refractivity contribution is 6.30. The van der Waals surface area contributed by atoms with Gasteiger partial charge in [0, 0.05) is 42.1 Å². The molecule has 2 atom stereocenters. The summed E-state index contributed by atoms with van der Waals surface area (Å²) in [6.45, 7) is 2.92. The Morgan fingerprint density at radius 1 is 1.06 bits per heavy atom. The van der Waals surface area contributed by atoms with Gasteiger partial charge in [0.2, 0.25) is 5.91 Å². The lowest BCUT2D eigenvalue weighted by Gasteiger charge is -2.31. The number of ether oxygens (including phenoxy) is 1. The van der Waals surface area contributed by atoms with Gasteiger partial charge in [0.05, 0.1) is 19.1 Å². The van der Waals surface area contributed by atoms with Gasteiger partial charge in [-0.2, -0.15) is 0 Å². The number of carbonyl (C=O) groups excluding carboxylic acids is 1. The molecule has 2 N–H and O–H groups in total. The van der Waals surface area contributed by atoms with Crippen molar-refractivity contribution in [3.8, 4) is 5.75 Å². The predicted molar refractivity (Wildman–Crippen MR) is 135 cm³/mol. The van der Waals surface area contributed by atoms with Crippen molar-refractivity contribution in [2.75, 3.05) is 30.5 Å². The van der Waals surface area contributed by atoms with Gasteiger partial charge in [-0.3, -0.25) is 4.79 Å². The summed E-state index contributed by atoms with van der Waals surface area (Å²) in [5.41, 5.74) is 10.9. The summed E-state index contributed by atoms with van der Waals surface area (Å²) in [5, 5.41) is 0.601. The molecule has 1 aliphatic heterocycles. The van der Waals surface area contributed by atoms with Crippen LogP contribution in [0.4, 0.5) is 11.4 Å². The average molecular weight is 464 g/mol. The summed E-state index contributed by atoms with van der Waals surface area (Å²) < 4.78 is 5.79. The number of nitrogens with two attached hydrogens (primary N) is 1. The third-order valence-electron chi connectivity index (χ3n) is 6.10. The Labute approximate surface area is 200 Å². The van der Waals surface area contributed by atoms with Crippen LogP contribution < -0.4 is 20.3 Å². The zero-order chi connectivity index (χ0) is 23.5. The molecule has 0 radical (unpaired) electrons. The van der Waals surface area contributed by atoms with Crippen molar-refractivity contribution in [1.82, 2.24) is 0 Å². The number of benzene rings is 3. The van der Waals surface area contributed by atoms with Gasteiger partial charge in [0.25, 0.3) is 0 Å². The Balaban J connectivity index is 1.69. The number of rotatable bonds is 6. The number of halogens is 1. The maximum atomic E-state index is 14.0. The summed E-state index contributed by atoms with van der Waals surface area (Å²) in [6.07, 6.45) is 0.611. The lowest BCUT2D eigenvalue weighted by molar-refractivity contribution is -0.120. The van der Waals surface area contributed by atoms with E-state index in [2.05, 4.69) is 29.2 Å². The van der Waals surface area contributed by atoms with Crippen molar-refractivity contribution >= 4 is 28.9 Å². The first-order valence-corrected chi connectivity index (χ1v) is 11.6. The van der Waals surface area contributed by atoms with E-state index in [1.54, 1.807) is 6.07 Å². The molecule has 0 aliphatic carbocycles. The number of fused-ring (bicyclic) bond motifs is 1. The molecule has 33 heavy (non-hydrogen) atoms. The van der Waals surface area contributed by atoms with Crippen molar-refractivity contribution in [1.29, 1.82) is 0 Å². The van der Waals surface area contributed by atoms with E-state index in [0.29, 0.717) is 24.6 Å². The van der Waals surface area contributed by atoms with Gasteiger partial charge in [-0.05, 0) is 66.9 Å². The summed E-state index contributed by atoms with van der Waals surface area (Å²) >= 11 is 6.26. The van der Waals surface area contributed by atoms with Crippen LogP contribution in [0.3, 0.4) is 0 Å². The molecular formula is C27H30ClN3O2. The van der Waals surface area contributed by atoms with E-state index in [-0.39, 0.29) is 17.9 Å². The van der Waals surface area contributed by atoms with Gasteiger partial charge in [-0.1, -0.05) is 35.9 Å². The third kappa shape index (κ3) is 5.15. The molecule has 6 heteroatoms. The molecular weight excluding hydrogens is 434 g/mol. The minimum Gasteiger partial charge on any atom is -0.493 e. The Hall–Kier alpha value is -3.02. The number of hydrogen-bond donors (Lipinski definition) is 1. The fourth-order valence-electron chi connectivity index (χ4n) is 4.15. The minimum atomic E-state index is -0.318. The van der Waals surface area contributed by atoms with Crippen LogP contribution in [0.15, 0.2) is 66.7 Å². The smallest absolute Gasteiger partial charge is 0.235 e. The number of nitrogens with zero attached hydrogens (tertiary/aromatic N) is 2. The normalized spacial score (nSPS) is 15.8. The maximum Gasteiger partial charge on any atom is 0.235 e.